The van der Waals surface area contributed by atoms with E-state index in [4.69, 9.17) is 0 Å². The molecule has 0 saturated heterocycles. The maximum absolute atomic E-state index is 2.53. The Labute approximate surface area is 83.1 Å². The van der Waals surface area contributed by atoms with E-state index in [1.807, 2.05) is 0 Å². The van der Waals surface area contributed by atoms with Crippen LogP contribution in [0.15, 0.2) is 0 Å². The van der Waals surface area contributed by atoms with E-state index < -0.39 is 0 Å². The second kappa shape index (κ2) is 3.63. The molecule has 0 aliphatic heterocycles. The second-order valence-corrected chi connectivity index (χ2v) is 5.78. The molecule has 2 atom stereocenters. The smallest absolute Gasteiger partial charge is 0.0298 e. The van der Waals surface area contributed by atoms with Gasteiger partial charge in [0.1, 0.15) is 0 Å². The first-order chi connectivity index (χ1) is 6.21. The summed E-state index contributed by atoms with van der Waals surface area (Å²) in [5.74, 6) is 2.10. The Morgan fingerprint density at radius 3 is 1.69 bits per heavy atom. The summed E-state index contributed by atoms with van der Waals surface area (Å²) in [6, 6.07) is 0. The van der Waals surface area contributed by atoms with Crippen LogP contribution in [0.3, 0.4) is 0 Å². The fraction of sp³-hybridized carbons (Fsp3) is 1.00. The third-order valence-electron chi connectivity index (χ3n) is 4.81. The highest BCUT2D eigenvalue weighted by atomic mass is 14.4. The molecule has 2 aliphatic carbocycles. The van der Waals surface area contributed by atoms with Gasteiger partial charge in [-0.05, 0) is 42.9 Å². The van der Waals surface area contributed by atoms with Crippen LogP contribution in [0.2, 0.25) is 0 Å². The van der Waals surface area contributed by atoms with Gasteiger partial charge in [-0.3, -0.25) is 0 Å². The topological polar surface area (TPSA) is 0 Å². The molecule has 0 radical (unpaired) electrons. The molecule has 2 bridgehead atoms. The Kier molecular flexibility index (Phi) is 2.67. The summed E-state index contributed by atoms with van der Waals surface area (Å²) >= 11 is 0. The molecule has 0 heterocycles. The van der Waals surface area contributed by atoms with E-state index in [1.165, 1.54) is 51.4 Å². The summed E-state index contributed by atoms with van der Waals surface area (Å²) in [7, 11) is 0. The van der Waals surface area contributed by atoms with Crippen LogP contribution in [-0.2, 0) is 0 Å². The maximum Gasteiger partial charge on any atom is -0.0298 e. The van der Waals surface area contributed by atoms with Crippen LogP contribution in [0, 0.1) is 17.3 Å². The molecule has 13 heavy (non-hydrogen) atoms. The van der Waals surface area contributed by atoms with Crippen molar-refractivity contribution in [2.45, 2.75) is 65.2 Å². The van der Waals surface area contributed by atoms with Crippen molar-refractivity contribution in [3.05, 3.63) is 0 Å². The van der Waals surface area contributed by atoms with E-state index in [0.717, 1.165) is 11.8 Å². The van der Waals surface area contributed by atoms with E-state index in [0.29, 0.717) is 5.41 Å². The molecule has 0 aromatic rings. The molecular weight excluding hydrogens is 156 g/mol. The average molecular weight is 180 g/mol. The van der Waals surface area contributed by atoms with Crippen LogP contribution in [-0.4, -0.2) is 0 Å². The standard InChI is InChI=1S/C13H24/c1-13(2)11-7-4-3-5-8-12(13)10-6-9-11/h11-12H,3-10H2,1-2H3. The van der Waals surface area contributed by atoms with E-state index in [9.17, 15) is 0 Å². The number of hydrogen-bond donors (Lipinski definition) is 0. The molecule has 2 aliphatic rings. The highest BCUT2D eigenvalue weighted by Crippen LogP contribution is 2.50. The minimum atomic E-state index is 0.665. The molecule has 2 rings (SSSR count). The lowest BCUT2D eigenvalue weighted by atomic mass is 9.59. The van der Waals surface area contributed by atoms with Gasteiger partial charge in [0, 0.05) is 0 Å². The quantitative estimate of drug-likeness (QED) is 0.518. The summed E-state index contributed by atoms with van der Waals surface area (Å²) in [4.78, 5) is 0. The van der Waals surface area contributed by atoms with Gasteiger partial charge < -0.3 is 0 Å². The van der Waals surface area contributed by atoms with Gasteiger partial charge in [0.2, 0.25) is 0 Å². The summed E-state index contributed by atoms with van der Waals surface area (Å²) < 4.78 is 0. The predicted molar refractivity (Wildman–Crippen MR) is 57.7 cm³/mol. The summed E-state index contributed by atoms with van der Waals surface area (Å²) in [5, 5.41) is 0. The van der Waals surface area contributed by atoms with Gasteiger partial charge in [0.15, 0.2) is 0 Å². The summed E-state index contributed by atoms with van der Waals surface area (Å²) in [5.41, 5.74) is 0.665. The molecule has 0 aromatic heterocycles. The Morgan fingerprint density at radius 1 is 0.692 bits per heavy atom. The van der Waals surface area contributed by atoms with Crippen LogP contribution in [0.4, 0.5) is 0 Å². The lowest BCUT2D eigenvalue weighted by Crippen LogP contribution is -2.37. The van der Waals surface area contributed by atoms with Crippen molar-refractivity contribution < 1.29 is 0 Å². The van der Waals surface area contributed by atoms with Crippen LogP contribution in [0.25, 0.3) is 0 Å². The van der Waals surface area contributed by atoms with Crippen molar-refractivity contribution in [3.8, 4) is 0 Å². The van der Waals surface area contributed by atoms with Gasteiger partial charge >= 0.3 is 0 Å². The Morgan fingerprint density at radius 2 is 1.15 bits per heavy atom. The molecule has 0 amide bonds. The highest BCUT2D eigenvalue weighted by molar-refractivity contribution is 4.90. The van der Waals surface area contributed by atoms with Crippen LogP contribution < -0.4 is 0 Å². The van der Waals surface area contributed by atoms with E-state index in [2.05, 4.69) is 13.8 Å². The molecule has 76 valence electrons. The van der Waals surface area contributed by atoms with E-state index in [1.54, 1.807) is 0 Å². The third kappa shape index (κ3) is 1.78. The molecular formula is C13H24. The van der Waals surface area contributed by atoms with Gasteiger partial charge in [-0.1, -0.05) is 39.5 Å². The lowest BCUT2D eigenvalue weighted by Gasteiger charge is -2.47. The fourth-order valence-electron chi connectivity index (χ4n) is 3.68. The van der Waals surface area contributed by atoms with Gasteiger partial charge in [-0.15, -0.1) is 0 Å². The Hall–Kier alpha value is 0. The first-order valence-corrected chi connectivity index (χ1v) is 6.21. The normalized spacial score (nSPS) is 39.2. The van der Waals surface area contributed by atoms with Crippen molar-refractivity contribution >= 4 is 0 Å². The molecule has 0 N–H and O–H groups in total. The molecule has 2 fully saturated rings. The monoisotopic (exact) mass is 180 g/mol. The second-order valence-electron chi connectivity index (χ2n) is 5.78. The van der Waals surface area contributed by atoms with Crippen LogP contribution in [0.1, 0.15) is 65.2 Å². The average Bonchev–Trinajstić information content (AvgIpc) is 2.11. The largest absolute Gasteiger partial charge is 0.0594 e. The van der Waals surface area contributed by atoms with E-state index >= 15 is 0 Å². The molecule has 0 heteroatoms. The lowest BCUT2D eigenvalue weighted by molar-refractivity contribution is 0.0360. The van der Waals surface area contributed by atoms with Crippen molar-refractivity contribution in [1.82, 2.24) is 0 Å². The zero-order valence-corrected chi connectivity index (χ0v) is 9.31. The molecule has 0 nitrogen and oxygen atoms in total. The van der Waals surface area contributed by atoms with Crippen molar-refractivity contribution in [2.24, 2.45) is 17.3 Å². The minimum absolute atomic E-state index is 0.665. The summed E-state index contributed by atoms with van der Waals surface area (Å²) in [6.07, 6.45) is 12.1. The van der Waals surface area contributed by atoms with Gasteiger partial charge in [0.25, 0.3) is 0 Å². The Bertz CT molecular complexity index is 153. The zero-order chi connectivity index (χ0) is 9.31. The van der Waals surface area contributed by atoms with Crippen LogP contribution in [0.5, 0.6) is 0 Å². The maximum atomic E-state index is 2.53. The van der Waals surface area contributed by atoms with Crippen LogP contribution >= 0.6 is 0 Å². The molecule has 0 spiro atoms. The van der Waals surface area contributed by atoms with Crippen molar-refractivity contribution in [2.75, 3.05) is 0 Å². The Balaban J connectivity index is 2.12. The predicted octanol–water partition coefficient (Wildman–Crippen LogP) is 4.39. The van der Waals surface area contributed by atoms with Crippen molar-refractivity contribution in [1.29, 1.82) is 0 Å². The van der Waals surface area contributed by atoms with Gasteiger partial charge in [-0.2, -0.15) is 0 Å². The number of hydrogen-bond acceptors (Lipinski definition) is 0. The SMILES string of the molecule is CC1(C)C2CCCCCC1CCC2. The van der Waals surface area contributed by atoms with Gasteiger partial charge in [-0.25, -0.2) is 0 Å². The fourth-order valence-corrected chi connectivity index (χ4v) is 3.68. The molecule has 2 unspecified atom stereocenters. The number of rotatable bonds is 0. The van der Waals surface area contributed by atoms with Crippen molar-refractivity contribution in [3.63, 3.8) is 0 Å². The first kappa shape index (κ1) is 9.55. The zero-order valence-electron chi connectivity index (χ0n) is 9.31. The van der Waals surface area contributed by atoms with E-state index in [-0.39, 0.29) is 0 Å². The third-order valence-corrected chi connectivity index (χ3v) is 4.81. The van der Waals surface area contributed by atoms with Gasteiger partial charge in [0.05, 0.1) is 0 Å². The summed E-state index contributed by atoms with van der Waals surface area (Å²) in [6.45, 7) is 5.07. The first-order valence-electron chi connectivity index (χ1n) is 6.21. The molecule has 2 saturated carbocycles. The minimum Gasteiger partial charge on any atom is -0.0594 e. The highest BCUT2D eigenvalue weighted by Gasteiger charge is 2.39. The number of fused-ring (bicyclic) bond motifs is 2. The molecule has 0 aromatic carbocycles.